The highest BCUT2D eigenvalue weighted by Crippen LogP contribution is 2.27. The fourth-order valence-electron chi connectivity index (χ4n) is 1.78. The summed E-state index contributed by atoms with van der Waals surface area (Å²) < 4.78 is 0. The Balaban J connectivity index is 2.27. The van der Waals surface area contributed by atoms with E-state index < -0.39 is 10.8 Å². The minimum atomic E-state index is -0.696. The number of anilines is 1. The van der Waals surface area contributed by atoms with Crippen LogP contribution in [0.3, 0.4) is 0 Å². The predicted molar refractivity (Wildman–Crippen MR) is 86.8 cm³/mol. The van der Waals surface area contributed by atoms with Gasteiger partial charge in [0, 0.05) is 12.1 Å². The molecule has 0 fully saturated rings. The second kappa shape index (κ2) is 7.20. The lowest BCUT2D eigenvalue weighted by Gasteiger charge is -2.06. The second-order valence-corrected chi connectivity index (χ2v) is 4.86. The summed E-state index contributed by atoms with van der Waals surface area (Å²) in [7, 11) is 0. The number of nitrogens with zero attached hydrogens (tertiary/aromatic N) is 2. The van der Waals surface area contributed by atoms with Crippen molar-refractivity contribution in [2.75, 3.05) is 5.32 Å². The summed E-state index contributed by atoms with van der Waals surface area (Å²) in [6, 6.07) is 14.3. The Labute approximate surface area is 136 Å². The van der Waals surface area contributed by atoms with Crippen LogP contribution in [-0.2, 0) is 4.79 Å². The standard InChI is InChI=1S/C16H10ClN3O3/c17-14-7-6-13(20(22)23)9-15(14)19-16(21)12(10-18)8-11-4-2-1-3-5-11/h1-9H,(H,19,21)/b12-8+. The van der Waals surface area contributed by atoms with Crippen LogP contribution in [0.2, 0.25) is 5.02 Å². The molecule has 2 aromatic carbocycles. The molecule has 2 aromatic rings. The Morgan fingerprint density at radius 2 is 1.96 bits per heavy atom. The van der Waals surface area contributed by atoms with Crippen LogP contribution in [0, 0.1) is 21.4 Å². The normalized spacial score (nSPS) is 10.7. The summed E-state index contributed by atoms with van der Waals surface area (Å²) in [5.41, 5.74) is 0.401. The molecule has 0 unspecified atom stereocenters. The predicted octanol–water partition coefficient (Wildman–Crippen LogP) is 3.79. The van der Waals surface area contributed by atoms with E-state index in [1.54, 1.807) is 30.3 Å². The highest BCUT2D eigenvalue weighted by Gasteiger charge is 2.14. The molecule has 1 N–H and O–H groups in total. The summed E-state index contributed by atoms with van der Waals surface area (Å²) >= 11 is 5.91. The lowest BCUT2D eigenvalue weighted by atomic mass is 10.1. The first kappa shape index (κ1) is 16.2. The molecule has 0 aliphatic carbocycles. The number of hydrogen-bond acceptors (Lipinski definition) is 4. The third kappa shape index (κ3) is 4.15. The fraction of sp³-hybridized carbons (Fsp3) is 0. The number of amides is 1. The van der Waals surface area contributed by atoms with Crippen molar-refractivity contribution in [3.05, 3.63) is 74.8 Å². The van der Waals surface area contributed by atoms with Gasteiger partial charge in [-0.1, -0.05) is 41.9 Å². The van der Waals surface area contributed by atoms with Crippen molar-refractivity contribution in [3.63, 3.8) is 0 Å². The van der Waals surface area contributed by atoms with Crippen LogP contribution in [0.15, 0.2) is 54.1 Å². The Kier molecular flexibility index (Phi) is 5.07. The number of halogens is 1. The molecular formula is C16H10ClN3O3. The number of rotatable bonds is 4. The maximum absolute atomic E-state index is 12.2. The van der Waals surface area contributed by atoms with E-state index in [0.29, 0.717) is 5.56 Å². The van der Waals surface area contributed by atoms with Crippen LogP contribution in [0.25, 0.3) is 6.08 Å². The highest BCUT2D eigenvalue weighted by molar-refractivity contribution is 6.34. The minimum absolute atomic E-state index is 0.0695. The first-order valence-corrected chi connectivity index (χ1v) is 6.81. The molecule has 114 valence electrons. The minimum Gasteiger partial charge on any atom is -0.320 e. The van der Waals surface area contributed by atoms with Gasteiger partial charge in [0.25, 0.3) is 11.6 Å². The quantitative estimate of drug-likeness (QED) is 0.400. The SMILES string of the molecule is N#C/C(=C\c1ccccc1)C(=O)Nc1cc([N+](=O)[O-])ccc1Cl. The van der Waals surface area contributed by atoms with Crippen molar-refractivity contribution in [1.82, 2.24) is 0 Å². The van der Waals surface area contributed by atoms with Crippen molar-refractivity contribution in [3.8, 4) is 6.07 Å². The molecule has 2 rings (SSSR count). The van der Waals surface area contributed by atoms with Crippen LogP contribution < -0.4 is 5.32 Å². The van der Waals surface area contributed by atoms with E-state index in [0.717, 1.165) is 6.07 Å². The number of benzene rings is 2. The smallest absolute Gasteiger partial charge is 0.271 e. The number of carbonyl (C=O) groups excluding carboxylic acids is 1. The molecule has 0 heterocycles. The third-order valence-corrected chi connectivity index (χ3v) is 3.21. The van der Waals surface area contributed by atoms with E-state index in [1.807, 2.05) is 6.07 Å². The van der Waals surface area contributed by atoms with Gasteiger partial charge in [0.1, 0.15) is 11.6 Å². The van der Waals surface area contributed by atoms with Gasteiger partial charge in [-0.2, -0.15) is 5.26 Å². The maximum Gasteiger partial charge on any atom is 0.271 e. The van der Waals surface area contributed by atoms with Crippen LogP contribution in [0.5, 0.6) is 0 Å². The maximum atomic E-state index is 12.2. The van der Waals surface area contributed by atoms with Gasteiger partial charge in [-0.05, 0) is 17.7 Å². The summed E-state index contributed by atoms with van der Waals surface area (Å²) in [4.78, 5) is 22.3. The van der Waals surface area contributed by atoms with E-state index in [2.05, 4.69) is 5.32 Å². The molecule has 0 spiro atoms. The number of nitriles is 1. The molecular weight excluding hydrogens is 318 g/mol. The Morgan fingerprint density at radius 1 is 1.26 bits per heavy atom. The topological polar surface area (TPSA) is 96.0 Å². The lowest BCUT2D eigenvalue weighted by molar-refractivity contribution is -0.384. The molecule has 0 aliphatic rings. The van der Waals surface area contributed by atoms with E-state index in [9.17, 15) is 14.9 Å². The van der Waals surface area contributed by atoms with Crippen molar-refractivity contribution in [2.45, 2.75) is 0 Å². The van der Waals surface area contributed by atoms with Gasteiger partial charge >= 0.3 is 0 Å². The number of non-ortho nitro benzene ring substituents is 1. The summed E-state index contributed by atoms with van der Waals surface area (Å²) in [5, 5.41) is 22.4. The monoisotopic (exact) mass is 327 g/mol. The third-order valence-electron chi connectivity index (χ3n) is 2.88. The van der Waals surface area contributed by atoms with Gasteiger partial charge in [-0.15, -0.1) is 0 Å². The molecule has 0 aromatic heterocycles. The Bertz CT molecular complexity index is 826. The van der Waals surface area contributed by atoms with E-state index in [4.69, 9.17) is 16.9 Å². The zero-order valence-electron chi connectivity index (χ0n) is 11.7. The molecule has 23 heavy (non-hydrogen) atoms. The molecule has 1 amide bonds. The fourth-order valence-corrected chi connectivity index (χ4v) is 1.94. The molecule has 0 saturated heterocycles. The summed E-state index contributed by atoms with van der Waals surface area (Å²) in [5.74, 6) is -0.696. The molecule has 0 radical (unpaired) electrons. The summed E-state index contributed by atoms with van der Waals surface area (Å²) in [6.07, 6.45) is 1.42. The molecule has 0 saturated carbocycles. The highest BCUT2D eigenvalue weighted by atomic mass is 35.5. The van der Waals surface area contributed by atoms with Crippen LogP contribution >= 0.6 is 11.6 Å². The number of hydrogen-bond donors (Lipinski definition) is 1. The van der Waals surface area contributed by atoms with Crippen LogP contribution in [-0.4, -0.2) is 10.8 Å². The van der Waals surface area contributed by atoms with Crippen LogP contribution in [0.4, 0.5) is 11.4 Å². The van der Waals surface area contributed by atoms with E-state index >= 15 is 0 Å². The van der Waals surface area contributed by atoms with E-state index in [1.165, 1.54) is 18.2 Å². The molecule has 0 atom stereocenters. The van der Waals surface area contributed by atoms with Crippen LogP contribution in [0.1, 0.15) is 5.56 Å². The summed E-state index contributed by atoms with van der Waals surface area (Å²) in [6.45, 7) is 0. The largest absolute Gasteiger partial charge is 0.320 e. The van der Waals surface area contributed by atoms with Crippen molar-refractivity contribution < 1.29 is 9.72 Å². The van der Waals surface area contributed by atoms with Crippen molar-refractivity contribution in [1.29, 1.82) is 5.26 Å². The molecule has 0 bridgehead atoms. The average Bonchev–Trinajstić information content (AvgIpc) is 2.55. The van der Waals surface area contributed by atoms with Gasteiger partial charge in [-0.25, -0.2) is 0 Å². The first-order chi connectivity index (χ1) is 11.0. The van der Waals surface area contributed by atoms with Gasteiger partial charge < -0.3 is 5.32 Å². The second-order valence-electron chi connectivity index (χ2n) is 4.46. The van der Waals surface area contributed by atoms with E-state index in [-0.39, 0.29) is 22.0 Å². The number of nitro groups is 1. The number of nitrogens with one attached hydrogen (secondary N) is 1. The van der Waals surface area contributed by atoms with Gasteiger partial charge in [0.2, 0.25) is 0 Å². The zero-order chi connectivity index (χ0) is 16.8. The Hall–Kier alpha value is -3.17. The number of carbonyl (C=O) groups is 1. The van der Waals surface area contributed by atoms with Gasteiger partial charge in [0.15, 0.2) is 0 Å². The van der Waals surface area contributed by atoms with Crippen molar-refractivity contribution >= 4 is 35.0 Å². The Morgan fingerprint density at radius 3 is 2.57 bits per heavy atom. The molecule has 0 aliphatic heterocycles. The molecule has 6 nitrogen and oxygen atoms in total. The molecule has 7 heteroatoms. The van der Waals surface area contributed by atoms with Crippen molar-refractivity contribution in [2.24, 2.45) is 0 Å². The number of nitro benzene ring substituents is 1. The average molecular weight is 328 g/mol. The van der Waals surface area contributed by atoms with Gasteiger partial charge in [-0.3, -0.25) is 14.9 Å². The zero-order valence-corrected chi connectivity index (χ0v) is 12.4. The lowest BCUT2D eigenvalue weighted by Crippen LogP contribution is -2.14. The first-order valence-electron chi connectivity index (χ1n) is 6.43. The van der Waals surface area contributed by atoms with Gasteiger partial charge in [0.05, 0.1) is 15.6 Å².